The Morgan fingerprint density at radius 1 is 1.20 bits per heavy atom. The maximum Gasteiger partial charge on any atom is 0.326 e. The van der Waals surface area contributed by atoms with Crippen molar-refractivity contribution in [2.24, 2.45) is 5.73 Å². The minimum atomic E-state index is -1.38. The first kappa shape index (κ1) is 20.8. The first-order valence-electron chi connectivity index (χ1n) is 9.22. The molecule has 0 aliphatic carbocycles. The molecular weight excluding hydrogens is 390 g/mol. The molecule has 0 aliphatic rings. The normalized spacial score (nSPS) is 11.9. The molecule has 30 heavy (non-hydrogen) atoms. The van der Waals surface area contributed by atoms with Crippen molar-refractivity contribution in [3.05, 3.63) is 63.3 Å². The zero-order valence-electron chi connectivity index (χ0n) is 16.2. The van der Waals surface area contributed by atoms with Gasteiger partial charge in [-0.15, -0.1) is 0 Å². The first-order valence-corrected chi connectivity index (χ1v) is 9.22. The Morgan fingerprint density at radius 3 is 2.53 bits per heavy atom. The number of amides is 2. The fraction of sp³-hybridized carbons (Fsp3) is 0.250. The molecule has 0 spiro atoms. The Kier molecular flexibility index (Phi) is 5.95. The van der Waals surface area contributed by atoms with Crippen molar-refractivity contribution < 1.29 is 19.5 Å². The largest absolute Gasteiger partial charge is 0.480 e. The van der Waals surface area contributed by atoms with Crippen molar-refractivity contribution in [1.29, 1.82) is 0 Å². The van der Waals surface area contributed by atoms with Gasteiger partial charge in [0, 0.05) is 11.8 Å². The number of carbonyl (C=O) groups excluding carboxylic acids is 2. The minimum absolute atomic E-state index is 0.190. The van der Waals surface area contributed by atoms with Crippen molar-refractivity contribution in [1.82, 2.24) is 20.3 Å². The van der Waals surface area contributed by atoms with E-state index in [1.54, 1.807) is 37.4 Å². The molecule has 2 aromatic heterocycles. The van der Waals surface area contributed by atoms with Crippen LogP contribution in [0, 0.1) is 6.92 Å². The average Bonchev–Trinajstić information content (AvgIpc) is 3.08. The summed E-state index contributed by atoms with van der Waals surface area (Å²) in [7, 11) is 0. The van der Waals surface area contributed by atoms with E-state index in [1.165, 1.54) is 0 Å². The lowest BCUT2D eigenvalue weighted by atomic mass is 10.0. The van der Waals surface area contributed by atoms with Crippen molar-refractivity contribution in [2.45, 2.75) is 32.2 Å². The number of fused-ring (bicyclic) bond motifs is 1. The number of primary amides is 1. The molecule has 0 bridgehead atoms. The summed E-state index contributed by atoms with van der Waals surface area (Å²) in [5, 5.41) is 11.9. The number of H-pyrrole nitrogens is 2. The molecule has 3 aromatic rings. The molecule has 0 saturated heterocycles. The number of benzene rings is 1. The molecule has 0 fully saturated rings. The summed E-state index contributed by atoms with van der Waals surface area (Å²) in [6.07, 6.45) is 2.50. The van der Waals surface area contributed by atoms with Crippen LogP contribution in [0.25, 0.3) is 11.0 Å². The second-order valence-corrected chi connectivity index (χ2v) is 6.92. The van der Waals surface area contributed by atoms with Crippen LogP contribution in [0.3, 0.4) is 0 Å². The molecule has 156 valence electrons. The number of rotatable bonds is 8. The topological polar surface area (TPSA) is 171 Å². The zero-order valence-corrected chi connectivity index (χ0v) is 16.2. The first-order chi connectivity index (χ1) is 14.2. The molecular formula is C20H21N5O5. The van der Waals surface area contributed by atoms with Gasteiger partial charge in [-0.1, -0.05) is 12.1 Å². The van der Waals surface area contributed by atoms with Crippen molar-refractivity contribution in [2.75, 3.05) is 0 Å². The Labute approximate surface area is 170 Å². The smallest absolute Gasteiger partial charge is 0.326 e. The van der Waals surface area contributed by atoms with Crippen LogP contribution in [0.5, 0.6) is 0 Å². The molecule has 0 saturated carbocycles. The number of hydrogen-bond donors (Lipinski definition) is 5. The molecule has 2 heterocycles. The molecule has 10 heteroatoms. The summed E-state index contributed by atoms with van der Waals surface area (Å²) in [6, 6.07) is 5.26. The van der Waals surface area contributed by atoms with E-state index < -0.39 is 30.2 Å². The SMILES string of the molecule is Cc1nc2[nH]cc(CCc3ccc(C(=O)N[C@@H](CC(N)=O)C(=O)O)cc3)c2c(=O)[nH]1. The standard InChI is InChI=1S/C20H21N5O5/c1-10-23-17-16(19(28)24-10)13(9-22-17)7-4-11-2-5-12(6-3-11)18(27)25-14(20(29)30)8-15(21)26/h2-3,5-6,9,14H,4,7-8H2,1H3,(H2,21,26)(H,25,27)(H,29,30)(H2,22,23,24,28)/t14-/m0/s1. The highest BCUT2D eigenvalue weighted by atomic mass is 16.4. The number of nitrogens with one attached hydrogen (secondary N) is 3. The Bertz CT molecular complexity index is 1160. The number of aliphatic carboxylic acids is 1. The molecule has 3 rings (SSSR count). The monoisotopic (exact) mass is 411 g/mol. The maximum absolute atomic E-state index is 12.2. The van der Waals surface area contributed by atoms with E-state index >= 15 is 0 Å². The van der Waals surface area contributed by atoms with Gasteiger partial charge in [-0.05, 0) is 43.0 Å². The summed E-state index contributed by atoms with van der Waals surface area (Å²) in [4.78, 5) is 56.5. The van der Waals surface area contributed by atoms with Gasteiger partial charge in [-0.3, -0.25) is 14.4 Å². The number of nitrogens with two attached hydrogens (primary N) is 1. The highest BCUT2D eigenvalue weighted by molar-refractivity contribution is 5.97. The van der Waals surface area contributed by atoms with Crippen molar-refractivity contribution >= 4 is 28.8 Å². The summed E-state index contributed by atoms with van der Waals surface area (Å²) in [6.45, 7) is 1.71. The molecule has 0 unspecified atom stereocenters. The van der Waals surface area contributed by atoms with E-state index in [2.05, 4.69) is 20.3 Å². The van der Waals surface area contributed by atoms with Crippen LogP contribution in [0.4, 0.5) is 0 Å². The predicted octanol–water partition coefficient (Wildman–Crippen LogP) is 0.403. The second-order valence-electron chi connectivity index (χ2n) is 6.92. The van der Waals surface area contributed by atoms with Crippen molar-refractivity contribution in [3.8, 4) is 0 Å². The molecule has 10 nitrogen and oxygen atoms in total. The lowest BCUT2D eigenvalue weighted by Gasteiger charge is -2.13. The number of nitrogens with zero attached hydrogens (tertiary/aromatic N) is 1. The fourth-order valence-electron chi connectivity index (χ4n) is 3.16. The van der Waals surface area contributed by atoms with E-state index in [0.717, 1.165) is 11.1 Å². The number of aryl methyl sites for hydroxylation is 3. The summed E-state index contributed by atoms with van der Waals surface area (Å²) in [5.41, 5.74) is 7.40. The minimum Gasteiger partial charge on any atom is -0.480 e. The Balaban J connectivity index is 1.66. The number of carboxylic acid groups (broad SMARTS) is 1. The molecule has 2 amide bonds. The van der Waals surface area contributed by atoms with Crippen LogP contribution in [-0.2, 0) is 22.4 Å². The molecule has 0 radical (unpaired) electrons. The highest BCUT2D eigenvalue weighted by Crippen LogP contribution is 2.15. The van der Waals surface area contributed by atoms with Gasteiger partial charge in [0.15, 0.2) is 0 Å². The van der Waals surface area contributed by atoms with Gasteiger partial charge < -0.3 is 26.1 Å². The Morgan fingerprint density at radius 2 is 1.90 bits per heavy atom. The number of carbonyl (C=O) groups is 3. The zero-order chi connectivity index (χ0) is 21.8. The fourth-order valence-corrected chi connectivity index (χ4v) is 3.16. The number of aromatic nitrogens is 3. The van der Waals surface area contributed by atoms with Crippen LogP contribution in [0.15, 0.2) is 35.3 Å². The van der Waals surface area contributed by atoms with Crippen LogP contribution >= 0.6 is 0 Å². The number of carboxylic acids is 1. The predicted molar refractivity (Wildman–Crippen MR) is 108 cm³/mol. The molecule has 1 atom stereocenters. The van der Waals surface area contributed by atoms with Gasteiger partial charge in [-0.2, -0.15) is 0 Å². The average molecular weight is 411 g/mol. The lowest BCUT2D eigenvalue weighted by Crippen LogP contribution is -2.43. The van der Waals surface area contributed by atoms with E-state index in [-0.39, 0.29) is 11.1 Å². The van der Waals surface area contributed by atoms with E-state index in [4.69, 9.17) is 10.8 Å². The van der Waals surface area contributed by atoms with Gasteiger partial charge >= 0.3 is 5.97 Å². The van der Waals surface area contributed by atoms with Crippen molar-refractivity contribution in [3.63, 3.8) is 0 Å². The van der Waals surface area contributed by atoms with Gasteiger partial charge in [0.1, 0.15) is 17.5 Å². The third-order valence-electron chi connectivity index (χ3n) is 4.65. The summed E-state index contributed by atoms with van der Waals surface area (Å²) < 4.78 is 0. The Hall–Kier alpha value is -3.95. The summed E-state index contributed by atoms with van der Waals surface area (Å²) in [5.74, 6) is -2.23. The summed E-state index contributed by atoms with van der Waals surface area (Å²) >= 11 is 0. The van der Waals surface area contributed by atoms with Crippen LogP contribution in [0.1, 0.15) is 33.7 Å². The molecule has 0 aliphatic heterocycles. The third-order valence-corrected chi connectivity index (χ3v) is 4.65. The van der Waals surface area contributed by atoms with Crippen LogP contribution in [0.2, 0.25) is 0 Å². The van der Waals surface area contributed by atoms with Gasteiger partial charge in [0.2, 0.25) is 5.91 Å². The highest BCUT2D eigenvalue weighted by Gasteiger charge is 2.22. The second kappa shape index (κ2) is 8.60. The van der Waals surface area contributed by atoms with E-state index in [9.17, 15) is 19.2 Å². The lowest BCUT2D eigenvalue weighted by molar-refractivity contribution is -0.140. The van der Waals surface area contributed by atoms with E-state index in [1.807, 2.05) is 0 Å². The maximum atomic E-state index is 12.2. The van der Waals surface area contributed by atoms with Gasteiger partial charge in [0.05, 0.1) is 11.8 Å². The molecule has 6 N–H and O–H groups in total. The number of hydrogen-bond acceptors (Lipinski definition) is 5. The van der Waals surface area contributed by atoms with Crippen LogP contribution in [-0.4, -0.2) is 43.9 Å². The third kappa shape index (κ3) is 4.72. The molecule has 1 aromatic carbocycles. The van der Waals surface area contributed by atoms with E-state index in [0.29, 0.717) is 29.7 Å². The quantitative estimate of drug-likeness (QED) is 0.359. The number of aromatic amines is 2. The van der Waals surface area contributed by atoms with Gasteiger partial charge in [0.25, 0.3) is 11.5 Å². The van der Waals surface area contributed by atoms with Crippen LogP contribution < -0.4 is 16.6 Å². The van der Waals surface area contributed by atoms with Gasteiger partial charge in [-0.25, -0.2) is 9.78 Å².